The first-order chi connectivity index (χ1) is 34.0. The SMILES string of the molecule is C=CC(=O)CCCCCCCOc1ccc(OC(=O)C2CCC(C)CC2)cc1.C=CC(=O)OCCCCCCOc1ccc(C)cc1.CCOc1ccc(OCC2CCC(C(=O)OC)CC2)cc1C=O. The minimum absolute atomic E-state index is 0.0309. The van der Waals surface area contributed by atoms with E-state index in [0.29, 0.717) is 61.6 Å². The largest absolute Gasteiger partial charge is 0.494 e. The summed E-state index contributed by atoms with van der Waals surface area (Å²) in [6, 6.07) is 20.7. The zero-order valence-corrected chi connectivity index (χ0v) is 42.5. The average Bonchev–Trinajstić information content (AvgIpc) is 3.38. The molecule has 0 atom stereocenters. The number of hydrogen-bond acceptors (Lipinski definition) is 12. The topological polar surface area (TPSA) is 150 Å². The second-order valence-electron chi connectivity index (χ2n) is 18.1. The lowest BCUT2D eigenvalue weighted by Gasteiger charge is -2.26. The van der Waals surface area contributed by atoms with Gasteiger partial charge in [0.15, 0.2) is 12.1 Å². The number of aldehydes is 1. The molecule has 2 aliphatic rings. The van der Waals surface area contributed by atoms with Crippen LogP contribution in [0.25, 0.3) is 0 Å². The quantitative estimate of drug-likeness (QED) is 0.0224. The molecule has 0 unspecified atom stereocenters. The van der Waals surface area contributed by atoms with E-state index in [1.165, 1.54) is 24.8 Å². The molecule has 12 nitrogen and oxygen atoms in total. The summed E-state index contributed by atoms with van der Waals surface area (Å²) in [6.07, 6.45) is 20.9. The molecular weight excluding hydrogens is 889 g/mol. The van der Waals surface area contributed by atoms with Crippen LogP contribution in [0.5, 0.6) is 28.7 Å². The first-order valence-electron chi connectivity index (χ1n) is 25.5. The molecule has 2 aliphatic carbocycles. The molecule has 0 saturated heterocycles. The number of benzene rings is 3. The molecule has 0 aliphatic heterocycles. The van der Waals surface area contributed by atoms with Gasteiger partial charge in [0, 0.05) is 12.5 Å². The fourth-order valence-corrected chi connectivity index (χ4v) is 8.08. The third-order valence-electron chi connectivity index (χ3n) is 12.5. The third kappa shape index (κ3) is 24.6. The maximum Gasteiger partial charge on any atom is 0.330 e. The van der Waals surface area contributed by atoms with E-state index in [2.05, 4.69) is 27.0 Å². The van der Waals surface area contributed by atoms with Gasteiger partial charge < -0.3 is 33.2 Å². The number of aryl methyl sites for hydroxylation is 1. The van der Waals surface area contributed by atoms with Crippen molar-refractivity contribution in [2.24, 2.45) is 23.7 Å². The van der Waals surface area contributed by atoms with Crippen LogP contribution in [-0.2, 0) is 28.7 Å². The van der Waals surface area contributed by atoms with Crippen LogP contribution in [-0.4, -0.2) is 70.1 Å². The summed E-state index contributed by atoms with van der Waals surface area (Å²) < 4.78 is 37.8. The first kappa shape index (κ1) is 58.4. The molecule has 2 saturated carbocycles. The summed E-state index contributed by atoms with van der Waals surface area (Å²) >= 11 is 0. The van der Waals surface area contributed by atoms with Gasteiger partial charge in [0.25, 0.3) is 0 Å². The molecule has 5 rings (SSSR count). The van der Waals surface area contributed by atoms with E-state index in [1.807, 2.05) is 49.4 Å². The molecule has 0 N–H and O–H groups in total. The van der Waals surface area contributed by atoms with E-state index in [9.17, 15) is 24.0 Å². The van der Waals surface area contributed by atoms with E-state index >= 15 is 0 Å². The highest BCUT2D eigenvalue weighted by molar-refractivity contribution is 5.88. The fraction of sp³-hybridized carbons (Fsp3) is 0.534. The predicted molar refractivity (Wildman–Crippen MR) is 274 cm³/mol. The molecule has 384 valence electrons. The predicted octanol–water partition coefficient (Wildman–Crippen LogP) is 12.8. The highest BCUT2D eigenvalue weighted by Crippen LogP contribution is 2.32. The van der Waals surface area contributed by atoms with Gasteiger partial charge in [-0.3, -0.25) is 19.2 Å². The van der Waals surface area contributed by atoms with Crippen molar-refractivity contribution in [3.8, 4) is 28.7 Å². The standard InChI is InChI=1S/C24H34O4.C18H24O5.C16H22O3/c1-3-21(25)9-7-5-4-6-8-18-27-22-14-16-23(17-15-22)28-24(26)20-12-10-19(2)11-13-20;1-3-22-17-9-8-16(10-15(17)11-19)23-12-13-4-6-14(7-5-13)18(20)21-2;1-3-16(17)19-13-7-5-4-6-12-18-15-10-8-14(2)9-11-15/h3,14-17,19-20H,1,4-13,18H2,2H3;8-11,13-14H,3-7,12H2,1-2H3;3,8-11H,1,4-7,12-13H2,2H3. The van der Waals surface area contributed by atoms with Gasteiger partial charge in [-0.05, 0) is 176 Å². The smallest absolute Gasteiger partial charge is 0.330 e. The number of rotatable bonds is 28. The zero-order valence-electron chi connectivity index (χ0n) is 42.5. The maximum atomic E-state index is 12.3. The van der Waals surface area contributed by atoms with E-state index in [4.69, 9.17) is 33.2 Å². The Labute approximate surface area is 417 Å². The molecule has 2 fully saturated rings. The third-order valence-corrected chi connectivity index (χ3v) is 12.5. The number of allylic oxidation sites excluding steroid dienone is 1. The maximum absolute atomic E-state index is 12.3. The van der Waals surface area contributed by atoms with Crippen molar-refractivity contribution >= 4 is 30.0 Å². The van der Waals surface area contributed by atoms with Crippen molar-refractivity contribution in [2.45, 2.75) is 136 Å². The van der Waals surface area contributed by atoms with Gasteiger partial charge in [0.05, 0.1) is 57.5 Å². The normalized spacial score (nSPS) is 17.1. The summed E-state index contributed by atoms with van der Waals surface area (Å²) in [5, 5.41) is 0. The Morgan fingerprint density at radius 2 is 1.13 bits per heavy atom. The first-order valence-corrected chi connectivity index (χ1v) is 25.5. The van der Waals surface area contributed by atoms with Crippen LogP contribution in [0.1, 0.15) is 145 Å². The van der Waals surface area contributed by atoms with Crippen molar-refractivity contribution in [1.82, 2.24) is 0 Å². The van der Waals surface area contributed by atoms with E-state index in [-0.39, 0.29) is 35.5 Å². The second-order valence-corrected chi connectivity index (χ2v) is 18.1. The molecular formula is C58H80O12. The number of esters is 3. The van der Waals surface area contributed by atoms with Crippen LogP contribution in [0.4, 0.5) is 0 Å². The second kappa shape index (κ2) is 35.2. The number of ketones is 1. The summed E-state index contributed by atoms with van der Waals surface area (Å²) in [7, 11) is 1.44. The number of carbonyl (C=O) groups excluding carboxylic acids is 5. The molecule has 3 aromatic rings. The van der Waals surface area contributed by atoms with E-state index < -0.39 is 0 Å². The lowest BCUT2D eigenvalue weighted by atomic mass is 9.82. The highest BCUT2D eigenvalue weighted by Gasteiger charge is 2.28. The lowest BCUT2D eigenvalue weighted by Crippen LogP contribution is -2.25. The van der Waals surface area contributed by atoms with Gasteiger partial charge in [0.2, 0.25) is 0 Å². The van der Waals surface area contributed by atoms with Crippen LogP contribution in [0, 0.1) is 30.6 Å². The summed E-state index contributed by atoms with van der Waals surface area (Å²) in [4.78, 5) is 56.8. The number of carbonyl (C=O) groups is 5. The Balaban J connectivity index is 0.000000283. The van der Waals surface area contributed by atoms with Gasteiger partial charge in [-0.1, -0.05) is 57.0 Å². The number of unbranched alkanes of at least 4 members (excludes halogenated alkanes) is 7. The summed E-state index contributed by atoms with van der Waals surface area (Å²) in [5.74, 6) is 4.36. The molecule has 70 heavy (non-hydrogen) atoms. The molecule has 3 aromatic carbocycles. The van der Waals surface area contributed by atoms with Crippen molar-refractivity contribution in [2.75, 3.05) is 40.1 Å². The molecule has 12 heteroatoms. The summed E-state index contributed by atoms with van der Waals surface area (Å²) in [5.41, 5.74) is 1.74. The van der Waals surface area contributed by atoms with Crippen LogP contribution >= 0.6 is 0 Å². The van der Waals surface area contributed by atoms with E-state index in [0.717, 1.165) is 139 Å². The van der Waals surface area contributed by atoms with Crippen molar-refractivity contribution in [1.29, 1.82) is 0 Å². The van der Waals surface area contributed by atoms with Gasteiger partial charge >= 0.3 is 17.9 Å². The van der Waals surface area contributed by atoms with Crippen molar-refractivity contribution in [3.05, 3.63) is 103 Å². The van der Waals surface area contributed by atoms with Crippen LogP contribution in [0.3, 0.4) is 0 Å². The van der Waals surface area contributed by atoms with Gasteiger partial charge in [-0.25, -0.2) is 4.79 Å². The molecule has 0 aromatic heterocycles. The highest BCUT2D eigenvalue weighted by atomic mass is 16.5. The van der Waals surface area contributed by atoms with Gasteiger partial charge in [-0.15, -0.1) is 0 Å². The Kier molecular flexibility index (Phi) is 29.4. The number of methoxy groups -OCH3 is 1. The Bertz CT molecular complexity index is 1980. The van der Waals surface area contributed by atoms with Gasteiger partial charge in [-0.2, -0.15) is 0 Å². The lowest BCUT2D eigenvalue weighted by molar-refractivity contribution is -0.147. The molecule has 0 amide bonds. The minimum Gasteiger partial charge on any atom is -0.494 e. The molecule has 0 heterocycles. The molecule has 0 bridgehead atoms. The Hall–Kier alpha value is -5.91. The zero-order chi connectivity index (χ0) is 50.8. The number of ether oxygens (including phenoxy) is 7. The summed E-state index contributed by atoms with van der Waals surface area (Å²) in [6.45, 7) is 16.0. The monoisotopic (exact) mass is 969 g/mol. The Morgan fingerprint density at radius 3 is 1.70 bits per heavy atom. The fourth-order valence-electron chi connectivity index (χ4n) is 8.08. The van der Waals surface area contributed by atoms with Crippen LogP contribution in [0.15, 0.2) is 92.0 Å². The average molecular weight is 969 g/mol. The van der Waals surface area contributed by atoms with Gasteiger partial charge in [0.1, 0.15) is 28.7 Å². The van der Waals surface area contributed by atoms with Crippen molar-refractivity contribution in [3.63, 3.8) is 0 Å². The molecule has 0 spiro atoms. The number of hydrogen-bond donors (Lipinski definition) is 0. The molecule has 0 radical (unpaired) electrons. The Morgan fingerprint density at radius 1 is 0.600 bits per heavy atom. The minimum atomic E-state index is -0.345. The van der Waals surface area contributed by atoms with Crippen LogP contribution in [0.2, 0.25) is 0 Å². The van der Waals surface area contributed by atoms with Crippen LogP contribution < -0.4 is 23.7 Å². The van der Waals surface area contributed by atoms with E-state index in [1.54, 1.807) is 24.3 Å². The van der Waals surface area contributed by atoms with Crippen molar-refractivity contribution < 1.29 is 57.1 Å².